The Morgan fingerprint density at radius 2 is 2.00 bits per heavy atom. The van der Waals surface area contributed by atoms with Crippen LogP contribution in [0.2, 0.25) is 0 Å². The van der Waals surface area contributed by atoms with E-state index in [1.54, 1.807) is 12.0 Å². The molecule has 0 spiro atoms. The van der Waals surface area contributed by atoms with E-state index in [9.17, 15) is 4.79 Å². The first-order valence-electron chi connectivity index (χ1n) is 8.15. The zero-order chi connectivity index (χ0) is 17.4. The Labute approximate surface area is 141 Å². The van der Waals surface area contributed by atoms with Gasteiger partial charge in [0.1, 0.15) is 12.6 Å². The van der Waals surface area contributed by atoms with Crippen LogP contribution in [0.3, 0.4) is 0 Å². The smallest absolute Gasteiger partial charge is 0.245 e. The summed E-state index contributed by atoms with van der Waals surface area (Å²) in [6.07, 6.45) is 0. The summed E-state index contributed by atoms with van der Waals surface area (Å²) < 4.78 is 8.95. The van der Waals surface area contributed by atoms with Gasteiger partial charge in [-0.1, -0.05) is 0 Å². The largest absolute Gasteiger partial charge is 0.383 e. The van der Waals surface area contributed by atoms with E-state index in [0.717, 1.165) is 23.0 Å². The minimum Gasteiger partial charge on any atom is -0.383 e. The number of nitrogens with zero attached hydrogens (tertiary/aromatic N) is 6. The van der Waals surface area contributed by atoms with Gasteiger partial charge in [0, 0.05) is 19.3 Å². The zero-order valence-corrected chi connectivity index (χ0v) is 14.9. The van der Waals surface area contributed by atoms with Gasteiger partial charge >= 0.3 is 0 Å². The molecular weight excluding hydrogens is 308 g/mol. The Bertz CT molecular complexity index is 763. The molecule has 1 aliphatic heterocycles. The maximum absolute atomic E-state index is 12.6. The van der Waals surface area contributed by atoms with Crippen molar-refractivity contribution in [3.8, 4) is 0 Å². The average molecular weight is 332 g/mol. The van der Waals surface area contributed by atoms with Crippen LogP contribution in [-0.4, -0.2) is 55.6 Å². The third-order valence-corrected chi connectivity index (χ3v) is 4.83. The topological polar surface area (TPSA) is 78.1 Å². The highest BCUT2D eigenvalue weighted by Gasteiger charge is 2.33. The number of aromatic nitrogens is 5. The van der Waals surface area contributed by atoms with Crippen molar-refractivity contribution >= 4 is 5.91 Å². The number of ether oxygens (including phenoxy) is 1. The number of carbonyl (C=O) groups is 1. The van der Waals surface area contributed by atoms with Crippen molar-refractivity contribution in [3.05, 3.63) is 28.6 Å². The molecule has 3 heterocycles. The third-order valence-electron chi connectivity index (χ3n) is 4.83. The minimum atomic E-state index is -0.311. The van der Waals surface area contributed by atoms with E-state index in [4.69, 9.17) is 4.74 Å². The first-order valence-corrected chi connectivity index (χ1v) is 8.15. The molecule has 8 heteroatoms. The van der Waals surface area contributed by atoms with Crippen molar-refractivity contribution in [2.45, 2.75) is 46.8 Å². The van der Waals surface area contributed by atoms with Crippen LogP contribution in [0.25, 0.3) is 0 Å². The lowest BCUT2D eigenvalue weighted by atomic mass is 10.2. The molecular formula is C16H24N6O2. The summed E-state index contributed by atoms with van der Waals surface area (Å²) in [6.45, 7) is 10.1. The molecule has 0 unspecified atom stereocenters. The lowest BCUT2D eigenvalue weighted by molar-refractivity contribution is -0.137. The number of aryl methyl sites for hydroxylation is 1. The molecule has 1 atom stereocenters. The normalized spacial score (nSPS) is 17.5. The van der Waals surface area contributed by atoms with Gasteiger partial charge in [0.05, 0.1) is 18.8 Å². The van der Waals surface area contributed by atoms with Crippen LogP contribution in [-0.2, 0) is 22.6 Å². The number of methoxy groups -OCH3 is 1. The van der Waals surface area contributed by atoms with Crippen molar-refractivity contribution in [2.24, 2.45) is 0 Å². The molecule has 8 nitrogen and oxygen atoms in total. The fourth-order valence-electron chi connectivity index (χ4n) is 3.11. The Hall–Kier alpha value is -2.22. The number of rotatable bonds is 5. The minimum absolute atomic E-state index is 0.0742. The van der Waals surface area contributed by atoms with Gasteiger partial charge in [0.15, 0.2) is 11.6 Å². The van der Waals surface area contributed by atoms with Crippen LogP contribution in [0.1, 0.15) is 41.6 Å². The zero-order valence-electron chi connectivity index (χ0n) is 14.9. The SMILES string of the molecule is COCCN1Cc2nnc(Cn3nc(C)c(C)c3C)n2[C@@H](C)C1=O. The molecule has 1 amide bonds. The lowest BCUT2D eigenvalue weighted by Crippen LogP contribution is -2.43. The molecule has 130 valence electrons. The molecule has 0 saturated carbocycles. The molecule has 2 aromatic heterocycles. The van der Waals surface area contributed by atoms with E-state index in [1.165, 1.54) is 5.56 Å². The second-order valence-electron chi connectivity index (χ2n) is 6.28. The summed E-state index contributed by atoms with van der Waals surface area (Å²) in [5.74, 6) is 1.65. The van der Waals surface area contributed by atoms with Gasteiger partial charge in [-0.05, 0) is 33.3 Å². The summed E-state index contributed by atoms with van der Waals surface area (Å²) in [4.78, 5) is 14.4. The lowest BCUT2D eigenvalue weighted by Gasteiger charge is -2.31. The van der Waals surface area contributed by atoms with Gasteiger partial charge in [-0.15, -0.1) is 10.2 Å². The molecule has 24 heavy (non-hydrogen) atoms. The molecule has 0 aliphatic carbocycles. The van der Waals surface area contributed by atoms with E-state index in [1.807, 2.05) is 30.0 Å². The highest BCUT2D eigenvalue weighted by molar-refractivity contribution is 5.81. The molecule has 0 aromatic carbocycles. The van der Waals surface area contributed by atoms with Crippen molar-refractivity contribution in [1.29, 1.82) is 0 Å². The third kappa shape index (κ3) is 2.71. The van der Waals surface area contributed by atoms with E-state index >= 15 is 0 Å². The van der Waals surface area contributed by atoms with E-state index in [2.05, 4.69) is 22.2 Å². The van der Waals surface area contributed by atoms with Crippen molar-refractivity contribution in [2.75, 3.05) is 20.3 Å². The molecule has 2 aromatic rings. The quantitative estimate of drug-likeness (QED) is 0.816. The number of carbonyl (C=O) groups excluding carboxylic acids is 1. The maximum atomic E-state index is 12.6. The Morgan fingerprint density at radius 1 is 1.25 bits per heavy atom. The molecule has 0 saturated heterocycles. The average Bonchev–Trinajstić information content (AvgIpc) is 3.06. The fourth-order valence-corrected chi connectivity index (χ4v) is 3.11. The van der Waals surface area contributed by atoms with Crippen molar-refractivity contribution in [3.63, 3.8) is 0 Å². The second kappa shape index (κ2) is 6.35. The maximum Gasteiger partial charge on any atom is 0.245 e. The number of fused-ring (bicyclic) bond motifs is 1. The summed E-state index contributed by atoms with van der Waals surface area (Å²) >= 11 is 0. The molecule has 0 fully saturated rings. The molecule has 0 bridgehead atoms. The van der Waals surface area contributed by atoms with Gasteiger partial charge < -0.3 is 9.64 Å². The summed E-state index contributed by atoms with van der Waals surface area (Å²) in [5, 5.41) is 13.2. The van der Waals surface area contributed by atoms with Crippen LogP contribution in [0.4, 0.5) is 0 Å². The molecule has 3 rings (SSSR count). The Kier molecular flexibility index (Phi) is 4.40. The Morgan fingerprint density at radius 3 is 2.62 bits per heavy atom. The summed E-state index contributed by atoms with van der Waals surface area (Å²) in [7, 11) is 1.63. The highest BCUT2D eigenvalue weighted by Crippen LogP contribution is 2.23. The molecule has 1 aliphatic rings. The van der Waals surface area contributed by atoms with E-state index in [-0.39, 0.29) is 11.9 Å². The fraction of sp³-hybridized carbons (Fsp3) is 0.625. The van der Waals surface area contributed by atoms with Crippen molar-refractivity contribution < 1.29 is 9.53 Å². The monoisotopic (exact) mass is 332 g/mol. The molecule has 0 N–H and O–H groups in total. The van der Waals surface area contributed by atoms with Gasteiger partial charge in [-0.2, -0.15) is 5.10 Å². The van der Waals surface area contributed by atoms with Crippen LogP contribution in [0.5, 0.6) is 0 Å². The van der Waals surface area contributed by atoms with Crippen LogP contribution in [0.15, 0.2) is 0 Å². The van der Waals surface area contributed by atoms with E-state index < -0.39 is 0 Å². The summed E-state index contributed by atoms with van der Waals surface area (Å²) in [5.41, 5.74) is 3.31. The van der Waals surface area contributed by atoms with Gasteiger partial charge in [-0.25, -0.2) is 0 Å². The number of hydrogen-bond acceptors (Lipinski definition) is 5. The molecule has 0 radical (unpaired) electrons. The second-order valence-corrected chi connectivity index (χ2v) is 6.28. The predicted molar refractivity (Wildman–Crippen MR) is 87.6 cm³/mol. The summed E-state index contributed by atoms with van der Waals surface area (Å²) in [6, 6.07) is -0.311. The van der Waals surface area contributed by atoms with Gasteiger partial charge in [0.25, 0.3) is 0 Å². The first kappa shape index (κ1) is 16.6. The van der Waals surface area contributed by atoms with Crippen LogP contribution in [0, 0.1) is 20.8 Å². The van der Waals surface area contributed by atoms with Crippen LogP contribution >= 0.6 is 0 Å². The highest BCUT2D eigenvalue weighted by atomic mass is 16.5. The van der Waals surface area contributed by atoms with Crippen LogP contribution < -0.4 is 0 Å². The number of amides is 1. The Balaban J connectivity index is 1.88. The predicted octanol–water partition coefficient (Wildman–Crippen LogP) is 0.998. The van der Waals surface area contributed by atoms with E-state index in [0.29, 0.717) is 26.2 Å². The first-order chi connectivity index (χ1) is 11.4. The van der Waals surface area contributed by atoms with Gasteiger partial charge in [0.2, 0.25) is 5.91 Å². The van der Waals surface area contributed by atoms with Crippen molar-refractivity contribution in [1.82, 2.24) is 29.4 Å². The number of hydrogen-bond donors (Lipinski definition) is 0. The van der Waals surface area contributed by atoms with Gasteiger partial charge in [-0.3, -0.25) is 14.0 Å². The standard InChI is InChI=1S/C16H24N6O2/c1-10-11(2)19-21(12(10)3)9-15-18-17-14-8-20(6-7-24-5)16(23)13(4)22(14)15/h13H,6-9H2,1-5H3/t13-/m0/s1.